The molecule has 0 aromatic rings. The molecule has 3 N–H and O–H groups in total. The van der Waals surface area contributed by atoms with Crippen molar-refractivity contribution in [3.8, 4) is 0 Å². The van der Waals surface area contributed by atoms with Gasteiger partial charge in [0.1, 0.15) is 0 Å². The molecule has 0 aliphatic heterocycles. The molecule has 3 unspecified atom stereocenters. The maximum Gasteiger partial charge on any atom is 0.481 e. The van der Waals surface area contributed by atoms with Crippen molar-refractivity contribution >= 4 is 95.3 Å². The van der Waals surface area contributed by atoms with Gasteiger partial charge < -0.3 is 14.7 Å². The van der Waals surface area contributed by atoms with E-state index in [0.29, 0.717) is 17.1 Å². The first-order valence-corrected chi connectivity index (χ1v) is 13.8. The van der Waals surface area contributed by atoms with Crippen LogP contribution in [0.25, 0.3) is 0 Å². The van der Waals surface area contributed by atoms with Crippen molar-refractivity contribution in [1.82, 2.24) is 0 Å². The Bertz CT molecular complexity index is 429. The molecule has 0 rings (SSSR count). The maximum absolute atomic E-state index is 11.6. The van der Waals surface area contributed by atoms with Crippen LogP contribution in [0.1, 0.15) is 6.42 Å². The van der Waals surface area contributed by atoms with Crippen LogP contribution < -0.4 is 0 Å². The average Bonchev–Trinajstić information content (AvgIpc) is 2.37. The van der Waals surface area contributed by atoms with E-state index < -0.39 is 21.1 Å². The smallest absolute Gasteiger partial charge is 0.302 e. The third kappa shape index (κ3) is 9.38. The Morgan fingerprint density at radius 2 is 1.55 bits per heavy atom. The van der Waals surface area contributed by atoms with Gasteiger partial charge in [-0.2, -0.15) is 4.31 Å². The summed E-state index contributed by atoms with van der Waals surface area (Å²) in [5, 5.41) is 1.55. The fraction of sp³-hybridized carbons (Fsp3) is 1.00. The Labute approximate surface area is 170 Å². The Kier molecular flexibility index (Phi) is 12.0. The summed E-state index contributed by atoms with van der Waals surface area (Å²) in [4.78, 5) is 26.6. The van der Waals surface area contributed by atoms with Gasteiger partial charge in [0.2, 0.25) is 0 Å². The number of halogens is 5. The zero-order chi connectivity index (χ0) is 17.6. The van der Waals surface area contributed by atoms with Gasteiger partial charge in [0.25, 0.3) is 0 Å². The van der Waals surface area contributed by atoms with E-state index in [1.807, 2.05) is 0 Å². The van der Waals surface area contributed by atoms with Crippen LogP contribution in [0.15, 0.2) is 0 Å². The van der Waals surface area contributed by atoms with Crippen LogP contribution >= 0.6 is 95.3 Å². The molecule has 0 bridgehead atoms. The molecule has 0 amide bonds. The number of phosphoric acid groups is 2. The minimum atomic E-state index is -5.12. The maximum atomic E-state index is 11.6. The van der Waals surface area contributed by atoms with Gasteiger partial charge in [0.15, 0.2) is 0 Å². The van der Waals surface area contributed by atoms with Gasteiger partial charge in [0.05, 0.1) is 6.61 Å². The Morgan fingerprint density at radius 3 is 1.91 bits per heavy atom. The number of hydrogen-bond donors (Lipinski definition) is 3. The highest BCUT2D eigenvalue weighted by Crippen LogP contribution is 2.58. The van der Waals surface area contributed by atoms with E-state index in [-0.39, 0.29) is 16.3 Å². The van der Waals surface area contributed by atoms with Gasteiger partial charge in [0, 0.05) is 31.1 Å². The van der Waals surface area contributed by atoms with Crippen LogP contribution in [0, 0.1) is 5.41 Å². The van der Waals surface area contributed by atoms with E-state index in [0.717, 1.165) is 5.33 Å². The molecule has 0 spiro atoms. The van der Waals surface area contributed by atoms with Crippen molar-refractivity contribution in [2.75, 3.05) is 22.6 Å². The number of rotatable bonds is 11. The molecule has 134 valence electrons. The molecule has 7 nitrogen and oxygen atoms in total. The Balaban J connectivity index is 4.96. The summed E-state index contributed by atoms with van der Waals surface area (Å²) in [6.45, 7) is -0.255. The molecule has 0 saturated carbocycles. The van der Waals surface area contributed by atoms with Crippen molar-refractivity contribution in [3.63, 3.8) is 0 Å². The second-order valence-corrected chi connectivity index (χ2v) is 11.4. The number of hydrogen-bond acceptors (Lipinski definition) is 4. The normalized spacial score (nSPS) is 18.7. The molecule has 0 fully saturated rings. The highest BCUT2D eigenvalue weighted by molar-refractivity contribution is 9.12. The van der Waals surface area contributed by atoms with Gasteiger partial charge in [-0.05, 0) is 6.42 Å². The van der Waals surface area contributed by atoms with Gasteiger partial charge in [-0.1, -0.05) is 79.6 Å². The lowest BCUT2D eigenvalue weighted by Crippen LogP contribution is -2.40. The van der Waals surface area contributed by atoms with E-state index in [1.54, 1.807) is 0 Å². The highest BCUT2D eigenvalue weighted by atomic mass is 79.9. The summed E-state index contributed by atoms with van der Waals surface area (Å²) < 4.78 is 30.8. The van der Waals surface area contributed by atoms with Crippen LogP contribution in [0.4, 0.5) is 0 Å². The van der Waals surface area contributed by atoms with Crippen LogP contribution in [0.3, 0.4) is 0 Å². The van der Waals surface area contributed by atoms with Crippen LogP contribution in [-0.2, 0) is 18.0 Å². The van der Waals surface area contributed by atoms with Crippen molar-refractivity contribution < 1.29 is 32.6 Å². The largest absolute Gasteiger partial charge is 0.481 e. The first kappa shape index (κ1) is 24.7. The second kappa shape index (κ2) is 10.7. The molecule has 0 heterocycles. The van der Waals surface area contributed by atoms with Gasteiger partial charge in [-0.3, -0.25) is 4.52 Å². The summed E-state index contributed by atoms with van der Waals surface area (Å²) in [5.41, 5.74) is -0.634. The SMILES string of the molecule is O=P(O)(O)OP(=O)(O)OCC(CBr)(CBr)C(Br)CC(Br)CBr. The number of alkyl halides is 5. The van der Waals surface area contributed by atoms with Crippen molar-refractivity contribution in [2.24, 2.45) is 5.41 Å². The zero-order valence-corrected chi connectivity index (χ0v) is 20.7. The predicted molar refractivity (Wildman–Crippen MR) is 103 cm³/mol. The first-order chi connectivity index (χ1) is 9.91. The third-order valence-electron chi connectivity index (χ3n) is 2.55. The second-order valence-electron chi connectivity index (χ2n) is 4.40. The Hall–Kier alpha value is 2.66. The zero-order valence-electron chi connectivity index (χ0n) is 10.9. The summed E-state index contributed by atoms with van der Waals surface area (Å²) >= 11 is 17.0. The third-order valence-corrected chi connectivity index (χ3v) is 10.6. The first-order valence-electron chi connectivity index (χ1n) is 5.61. The van der Waals surface area contributed by atoms with Crippen molar-refractivity contribution in [1.29, 1.82) is 0 Å². The topological polar surface area (TPSA) is 113 Å². The van der Waals surface area contributed by atoms with Crippen molar-refractivity contribution in [3.05, 3.63) is 0 Å². The standard InChI is InChI=1S/C8H15Br5O7P2/c9-2-6(12)1-7(13)8(3-10,4-11)5-19-22(17,18)20-21(14,15)16/h6-7H,1-5H2,(H,17,18)(H2,14,15,16). The van der Waals surface area contributed by atoms with Gasteiger partial charge in [-0.25, -0.2) is 9.13 Å². The van der Waals surface area contributed by atoms with E-state index in [2.05, 4.69) is 84.0 Å². The van der Waals surface area contributed by atoms with E-state index in [9.17, 15) is 14.0 Å². The lowest BCUT2D eigenvalue weighted by molar-refractivity contribution is 0.128. The lowest BCUT2D eigenvalue weighted by Gasteiger charge is -2.35. The fourth-order valence-corrected chi connectivity index (χ4v) is 7.91. The molecule has 14 heteroatoms. The molecule has 0 aromatic carbocycles. The van der Waals surface area contributed by atoms with Crippen molar-refractivity contribution in [2.45, 2.75) is 16.1 Å². The molecular formula is C8H15Br5O7P2. The predicted octanol–water partition coefficient (Wildman–Crippen LogP) is 4.30. The van der Waals surface area contributed by atoms with Crippen LogP contribution in [0.5, 0.6) is 0 Å². The summed E-state index contributed by atoms with van der Waals surface area (Å²) in [5.74, 6) is 0. The fourth-order valence-electron chi connectivity index (χ4n) is 1.28. The average molecular weight is 685 g/mol. The minimum Gasteiger partial charge on any atom is -0.302 e. The molecule has 0 aliphatic rings. The minimum absolute atomic E-state index is 0.115. The van der Waals surface area contributed by atoms with E-state index in [4.69, 9.17) is 14.3 Å². The highest BCUT2D eigenvalue weighted by Gasteiger charge is 2.41. The molecule has 3 atom stereocenters. The molecule has 0 aromatic heterocycles. The Morgan fingerprint density at radius 1 is 1.05 bits per heavy atom. The van der Waals surface area contributed by atoms with Gasteiger partial charge >= 0.3 is 15.6 Å². The van der Waals surface area contributed by atoms with E-state index in [1.165, 1.54) is 0 Å². The summed E-state index contributed by atoms with van der Waals surface area (Å²) in [6.07, 6.45) is 0.681. The molecule has 0 saturated heterocycles. The monoisotopic (exact) mass is 680 g/mol. The van der Waals surface area contributed by atoms with E-state index >= 15 is 0 Å². The quantitative estimate of drug-likeness (QED) is 0.220. The molecule has 22 heavy (non-hydrogen) atoms. The number of phosphoric ester groups is 1. The molecule has 0 radical (unpaired) electrons. The summed E-state index contributed by atoms with van der Waals surface area (Å²) in [7, 11) is -9.99. The molecule has 0 aliphatic carbocycles. The van der Waals surface area contributed by atoms with Crippen LogP contribution in [-0.4, -0.2) is 46.9 Å². The lowest BCUT2D eigenvalue weighted by atomic mass is 9.88. The van der Waals surface area contributed by atoms with Crippen LogP contribution in [0.2, 0.25) is 0 Å². The van der Waals surface area contributed by atoms with Gasteiger partial charge in [-0.15, -0.1) is 0 Å². The molecular weight excluding hydrogens is 670 g/mol. The summed E-state index contributed by atoms with van der Waals surface area (Å²) in [6, 6.07) is 0.